The molecule has 3 aliphatic rings. The number of hydrogen-bond acceptors (Lipinski definition) is 4. The van der Waals surface area contributed by atoms with Crippen molar-refractivity contribution >= 4 is 16.9 Å². The highest BCUT2D eigenvalue weighted by molar-refractivity contribution is 6.07. The molecule has 5 nitrogen and oxygen atoms in total. The smallest absolute Gasteiger partial charge is 0.340 e. The topological polar surface area (TPSA) is 54.6 Å². The molecule has 3 aliphatic heterocycles. The Labute approximate surface area is 160 Å². The van der Waals surface area contributed by atoms with Crippen molar-refractivity contribution in [3.63, 3.8) is 0 Å². The molecule has 5 heteroatoms. The van der Waals surface area contributed by atoms with E-state index in [4.69, 9.17) is 9.47 Å². The second kappa shape index (κ2) is 6.26. The maximum Gasteiger partial charge on any atom is 0.340 e. The number of ether oxygens (including phenoxy) is 2. The second-order valence-electron chi connectivity index (χ2n) is 8.24. The minimum Gasteiger partial charge on any atom is -0.472 e. The lowest BCUT2D eigenvalue weighted by atomic mass is 9.74. The van der Waals surface area contributed by atoms with E-state index in [0.717, 1.165) is 48.3 Å². The number of esters is 1. The summed E-state index contributed by atoms with van der Waals surface area (Å²) in [5.41, 5.74) is 3.61. The first-order chi connectivity index (χ1) is 13.1. The first kappa shape index (κ1) is 17.1. The predicted octanol–water partition coefficient (Wildman–Crippen LogP) is 4.18. The van der Waals surface area contributed by atoms with Crippen LogP contribution in [0.3, 0.4) is 0 Å². The number of aromatic nitrogens is 1. The second-order valence-corrected chi connectivity index (χ2v) is 8.24. The molecule has 2 aromatic rings. The molecule has 1 spiro atoms. The van der Waals surface area contributed by atoms with Gasteiger partial charge in [-0.25, -0.2) is 4.79 Å². The zero-order chi connectivity index (χ0) is 18.6. The van der Waals surface area contributed by atoms with Gasteiger partial charge in [-0.15, -0.1) is 0 Å². The average molecular weight is 368 g/mol. The number of piperidine rings is 2. The molecule has 2 atom stereocenters. The number of H-pyrrole nitrogens is 1. The molecule has 27 heavy (non-hydrogen) atoms. The van der Waals surface area contributed by atoms with E-state index in [-0.39, 0.29) is 11.7 Å². The molecule has 2 saturated heterocycles. The summed E-state index contributed by atoms with van der Waals surface area (Å²) in [6, 6.07) is 4.14. The molecule has 1 aromatic carbocycles. The highest BCUT2D eigenvalue weighted by Gasteiger charge is 2.52. The summed E-state index contributed by atoms with van der Waals surface area (Å²) in [6.07, 6.45) is 7.04. The molecule has 1 aromatic heterocycles. The zero-order valence-electron chi connectivity index (χ0n) is 16.3. The fraction of sp³-hybridized carbons (Fsp3) is 0.591. The van der Waals surface area contributed by atoms with E-state index < -0.39 is 0 Å². The molecule has 1 N–H and O–H groups in total. The SMILES string of the molecule is CCOC(=O)c1c(C)[nH]c2ccc3c(c12)CC1CCCN2CCCCC12O3. The van der Waals surface area contributed by atoms with Gasteiger partial charge in [0.1, 0.15) is 5.75 Å². The molecule has 2 fully saturated rings. The number of benzene rings is 1. The van der Waals surface area contributed by atoms with Gasteiger partial charge in [0.25, 0.3) is 0 Å². The molecule has 0 saturated carbocycles. The van der Waals surface area contributed by atoms with Crippen molar-refractivity contribution in [3.8, 4) is 5.75 Å². The summed E-state index contributed by atoms with van der Waals surface area (Å²) >= 11 is 0. The third-order valence-corrected chi connectivity index (χ3v) is 6.80. The van der Waals surface area contributed by atoms with Gasteiger partial charge in [0, 0.05) is 47.6 Å². The van der Waals surface area contributed by atoms with Gasteiger partial charge in [0.2, 0.25) is 0 Å². The molecule has 0 amide bonds. The number of aryl methyl sites for hydroxylation is 1. The Bertz CT molecular complexity index is 901. The number of carbonyl (C=O) groups is 1. The highest BCUT2D eigenvalue weighted by atomic mass is 16.5. The number of hydrogen-bond donors (Lipinski definition) is 1. The van der Waals surface area contributed by atoms with Gasteiger partial charge in [-0.3, -0.25) is 4.90 Å². The van der Waals surface area contributed by atoms with E-state index in [9.17, 15) is 4.79 Å². The van der Waals surface area contributed by atoms with Crippen molar-refractivity contribution in [1.82, 2.24) is 9.88 Å². The van der Waals surface area contributed by atoms with Crippen molar-refractivity contribution in [2.45, 2.75) is 58.1 Å². The monoisotopic (exact) mass is 368 g/mol. The van der Waals surface area contributed by atoms with Gasteiger partial charge in [-0.1, -0.05) is 0 Å². The number of fused-ring (bicyclic) bond motifs is 3. The van der Waals surface area contributed by atoms with Crippen molar-refractivity contribution < 1.29 is 14.3 Å². The van der Waals surface area contributed by atoms with Crippen molar-refractivity contribution in [2.24, 2.45) is 5.92 Å². The minimum atomic E-state index is -0.238. The van der Waals surface area contributed by atoms with Crippen LogP contribution >= 0.6 is 0 Å². The van der Waals surface area contributed by atoms with Crippen LogP contribution in [0.1, 0.15) is 60.6 Å². The Morgan fingerprint density at radius 3 is 3.04 bits per heavy atom. The molecular weight excluding hydrogens is 340 g/mol. The van der Waals surface area contributed by atoms with Crippen LogP contribution in [0.4, 0.5) is 0 Å². The van der Waals surface area contributed by atoms with Crippen LogP contribution in [-0.2, 0) is 11.2 Å². The van der Waals surface area contributed by atoms with Crippen molar-refractivity contribution in [1.29, 1.82) is 0 Å². The first-order valence-electron chi connectivity index (χ1n) is 10.4. The summed E-state index contributed by atoms with van der Waals surface area (Å²) in [7, 11) is 0. The molecule has 2 unspecified atom stereocenters. The molecule has 144 valence electrons. The van der Waals surface area contributed by atoms with Gasteiger partial charge in [0.05, 0.1) is 12.2 Å². The van der Waals surface area contributed by atoms with Gasteiger partial charge in [-0.2, -0.15) is 0 Å². The fourth-order valence-corrected chi connectivity index (χ4v) is 5.67. The molecule has 0 radical (unpaired) electrons. The van der Waals surface area contributed by atoms with Crippen LogP contribution in [-0.4, -0.2) is 41.3 Å². The predicted molar refractivity (Wildman–Crippen MR) is 104 cm³/mol. The van der Waals surface area contributed by atoms with E-state index in [0.29, 0.717) is 18.1 Å². The number of aromatic amines is 1. The van der Waals surface area contributed by atoms with E-state index >= 15 is 0 Å². The maximum atomic E-state index is 12.6. The fourth-order valence-electron chi connectivity index (χ4n) is 5.67. The van der Waals surface area contributed by atoms with Crippen molar-refractivity contribution in [3.05, 3.63) is 29.0 Å². The summed E-state index contributed by atoms with van der Waals surface area (Å²) < 4.78 is 12.1. The minimum absolute atomic E-state index is 0.132. The standard InChI is InChI=1S/C22H28N2O3/c1-3-26-21(25)19-14(2)23-17-8-9-18-16(20(17)19)13-15-7-6-12-24-11-5-4-10-22(15,24)27-18/h8-9,15,23H,3-7,10-13H2,1-2H3. The average Bonchev–Trinajstić information content (AvgIpc) is 3.01. The van der Waals surface area contributed by atoms with Gasteiger partial charge < -0.3 is 14.5 Å². The Balaban J connectivity index is 1.65. The number of nitrogens with one attached hydrogen (secondary N) is 1. The normalized spacial score (nSPS) is 27.4. The van der Waals surface area contributed by atoms with Gasteiger partial charge in [0.15, 0.2) is 5.72 Å². The van der Waals surface area contributed by atoms with E-state index in [1.165, 1.54) is 31.2 Å². The summed E-state index contributed by atoms with van der Waals surface area (Å²) in [6.45, 7) is 6.48. The maximum absolute atomic E-state index is 12.6. The number of carbonyl (C=O) groups excluding carboxylic acids is 1. The van der Waals surface area contributed by atoms with E-state index in [2.05, 4.69) is 22.0 Å². The lowest BCUT2D eigenvalue weighted by molar-refractivity contribution is -0.177. The third-order valence-electron chi connectivity index (χ3n) is 6.80. The molecular formula is C22H28N2O3. The van der Waals surface area contributed by atoms with Gasteiger partial charge in [-0.05, 0) is 58.1 Å². The van der Waals surface area contributed by atoms with E-state index in [1.807, 2.05) is 13.8 Å². The Hall–Kier alpha value is -2.01. The van der Waals surface area contributed by atoms with Crippen LogP contribution in [0.15, 0.2) is 12.1 Å². The van der Waals surface area contributed by atoms with Crippen LogP contribution in [0.5, 0.6) is 5.75 Å². The lowest BCUT2D eigenvalue weighted by Crippen LogP contribution is -2.64. The Kier molecular flexibility index (Phi) is 3.97. The van der Waals surface area contributed by atoms with Gasteiger partial charge >= 0.3 is 5.97 Å². The Morgan fingerprint density at radius 1 is 1.33 bits per heavy atom. The quantitative estimate of drug-likeness (QED) is 0.808. The molecule has 4 heterocycles. The highest BCUT2D eigenvalue weighted by Crippen LogP contribution is 2.50. The number of nitrogens with zero attached hydrogens (tertiary/aromatic N) is 1. The number of rotatable bonds is 2. The molecule has 5 rings (SSSR count). The zero-order valence-corrected chi connectivity index (χ0v) is 16.3. The summed E-state index contributed by atoms with van der Waals surface area (Å²) in [4.78, 5) is 18.6. The summed E-state index contributed by atoms with van der Waals surface area (Å²) in [5, 5.41) is 1.01. The van der Waals surface area contributed by atoms with E-state index in [1.54, 1.807) is 0 Å². The van der Waals surface area contributed by atoms with Crippen LogP contribution in [0.2, 0.25) is 0 Å². The van der Waals surface area contributed by atoms with Crippen LogP contribution in [0.25, 0.3) is 10.9 Å². The van der Waals surface area contributed by atoms with Crippen molar-refractivity contribution in [2.75, 3.05) is 19.7 Å². The van der Waals surface area contributed by atoms with Crippen LogP contribution < -0.4 is 4.74 Å². The van der Waals surface area contributed by atoms with Crippen LogP contribution in [0, 0.1) is 12.8 Å². The largest absolute Gasteiger partial charge is 0.472 e. The third kappa shape index (κ3) is 2.44. The lowest BCUT2D eigenvalue weighted by Gasteiger charge is -2.56. The summed E-state index contributed by atoms with van der Waals surface area (Å²) in [5.74, 6) is 1.21. The Morgan fingerprint density at radius 2 is 2.19 bits per heavy atom. The molecule has 0 bridgehead atoms. The first-order valence-corrected chi connectivity index (χ1v) is 10.4. The molecule has 0 aliphatic carbocycles.